The molecule has 0 heterocycles. The molecule has 150 valence electrons. The van der Waals surface area contributed by atoms with E-state index in [0.717, 1.165) is 0 Å². The number of aliphatic hydroxyl groups is 1. The van der Waals surface area contributed by atoms with Gasteiger partial charge < -0.3 is 5.11 Å². The van der Waals surface area contributed by atoms with E-state index in [1.807, 2.05) is 41.5 Å². The van der Waals surface area contributed by atoms with Crippen LogP contribution < -0.4 is 0 Å². The van der Waals surface area contributed by atoms with Crippen molar-refractivity contribution in [1.29, 1.82) is 0 Å². The van der Waals surface area contributed by atoms with E-state index in [2.05, 4.69) is 0 Å². The summed E-state index contributed by atoms with van der Waals surface area (Å²) in [5.41, 5.74) is -4.89. The average molecular weight is 376 g/mol. The van der Waals surface area contributed by atoms with Gasteiger partial charge in [-0.3, -0.25) is 0 Å². The first-order valence-electron chi connectivity index (χ1n) is 8.77. The fourth-order valence-electron chi connectivity index (χ4n) is 5.03. The van der Waals surface area contributed by atoms with Gasteiger partial charge in [-0.05, 0) is 54.3 Å². The highest BCUT2D eigenvalue weighted by molar-refractivity contribution is 5.00. The Morgan fingerprint density at radius 1 is 0.920 bits per heavy atom. The maximum Gasteiger partial charge on any atom is 0.426 e. The molecule has 0 aromatic carbocycles. The van der Waals surface area contributed by atoms with Crippen LogP contribution in [0.3, 0.4) is 0 Å². The molecule has 7 heteroatoms. The van der Waals surface area contributed by atoms with Crippen LogP contribution in [0.15, 0.2) is 0 Å². The summed E-state index contributed by atoms with van der Waals surface area (Å²) in [5.74, 6) is -0.929. The summed E-state index contributed by atoms with van der Waals surface area (Å²) in [4.78, 5) is 0. The molecule has 4 atom stereocenters. The lowest BCUT2D eigenvalue weighted by Crippen LogP contribution is -2.58. The minimum atomic E-state index is -5.74. The molecule has 0 aromatic rings. The normalized spacial score (nSPS) is 27.8. The Morgan fingerprint density at radius 2 is 1.36 bits per heavy atom. The lowest BCUT2D eigenvalue weighted by Gasteiger charge is -2.43. The van der Waals surface area contributed by atoms with Gasteiger partial charge in [0.1, 0.15) is 0 Å². The summed E-state index contributed by atoms with van der Waals surface area (Å²) >= 11 is 0. The van der Waals surface area contributed by atoms with E-state index in [-0.39, 0.29) is 35.5 Å². The van der Waals surface area contributed by atoms with Gasteiger partial charge in [0.25, 0.3) is 5.60 Å². The molecule has 1 aliphatic carbocycles. The second-order valence-corrected chi connectivity index (χ2v) is 9.20. The van der Waals surface area contributed by atoms with E-state index in [4.69, 9.17) is 0 Å². The maximum atomic E-state index is 13.1. The zero-order valence-corrected chi connectivity index (χ0v) is 15.7. The Balaban J connectivity index is 3.24. The van der Waals surface area contributed by atoms with Crippen LogP contribution in [-0.2, 0) is 0 Å². The molecule has 0 saturated heterocycles. The molecular formula is C18H30F6O. The van der Waals surface area contributed by atoms with Crippen molar-refractivity contribution >= 4 is 0 Å². The first-order chi connectivity index (χ1) is 10.9. The van der Waals surface area contributed by atoms with E-state index in [0.29, 0.717) is 6.42 Å². The predicted molar refractivity (Wildman–Crippen MR) is 84.8 cm³/mol. The quantitative estimate of drug-likeness (QED) is 0.578. The van der Waals surface area contributed by atoms with Crippen LogP contribution in [0.5, 0.6) is 0 Å². The van der Waals surface area contributed by atoms with Crippen molar-refractivity contribution in [1.82, 2.24) is 0 Å². The molecule has 0 spiro atoms. The second kappa shape index (κ2) is 6.93. The fraction of sp³-hybridized carbons (Fsp3) is 1.00. The van der Waals surface area contributed by atoms with Gasteiger partial charge in [-0.1, -0.05) is 41.5 Å². The molecule has 1 saturated carbocycles. The Kier molecular flexibility index (Phi) is 6.26. The highest BCUT2D eigenvalue weighted by Crippen LogP contribution is 2.55. The third kappa shape index (κ3) is 4.64. The number of hydrogen-bond donors (Lipinski definition) is 1. The van der Waals surface area contributed by atoms with Crippen molar-refractivity contribution in [2.45, 2.75) is 78.8 Å². The number of halogens is 6. The van der Waals surface area contributed by atoms with Crippen molar-refractivity contribution in [3.63, 3.8) is 0 Å². The predicted octanol–water partition coefficient (Wildman–Crippen LogP) is 6.21. The van der Waals surface area contributed by atoms with Gasteiger partial charge in [0.15, 0.2) is 0 Å². The monoisotopic (exact) mass is 376 g/mol. The lowest BCUT2D eigenvalue weighted by molar-refractivity contribution is -0.373. The topological polar surface area (TPSA) is 20.2 Å². The fourth-order valence-corrected chi connectivity index (χ4v) is 5.03. The van der Waals surface area contributed by atoms with Crippen LogP contribution in [0.25, 0.3) is 0 Å². The number of alkyl halides is 6. The summed E-state index contributed by atoms with van der Waals surface area (Å²) in [5, 5.41) is 9.62. The largest absolute Gasteiger partial charge is 0.426 e. The minimum Gasteiger partial charge on any atom is -0.374 e. The van der Waals surface area contributed by atoms with E-state index in [9.17, 15) is 31.4 Å². The molecule has 1 rings (SSSR count). The van der Waals surface area contributed by atoms with Gasteiger partial charge in [0, 0.05) is 0 Å². The van der Waals surface area contributed by atoms with Gasteiger partial charge in [-0.2, -0.15) is 26.3 Å². The molecule has 1 N–H and O–H groups in total. The first kappa shape index (κ1) is 22.6. The van der Waals surface area contributed by atoms with Crippen LogP contribution in [0.4, 0.5) is 26.3 Å². The van der Waals surface area contributed by atoms with E-state index in [1.54, 1.807) is 0 Å². The van der Waals surface area contributed by atoms with Crippen molar-refractivity contribution < 1.29 is 31.4 Å². The van der Waals surface area contributed by atoms with E-state index < -0.39 is 30.3 Å². The summed E-state index contributed by atoms with van der Waals surface area (Å²) in [6.45, 7) is 11.7. The van der Waals surface area contributed by atoms with Gasteiger partial charge in [0.2, 0.25) is 0 Å². The molecule has 1 fully saturated rings. The highest BCUT2D eigenvalue weighted by atomic mass is 19.4. The molecule has 0 amide bonds. The van der Waals surface area contributed by atoms with Gasteiger partial charge >= 0.3 is 12.4 Å². The molecular weight excluding hydrogens is 346 g/mol. The van der Waals surface area contributed by atoms with Crippen molar-refractivity contribution in [3.8, 4) is 0 Å². The Labute approximate surface area is 146 Å². The van der Waals surface area contributed by atoms with Crippen LogP contribution >= 0.6 is 0 Å². The molecule has 0 aromatic heterocycles. The van der Waals surface area contributed by atoms with Crippen LogP contribution in [0.1, 0.15) is 60.8 Å². The zero-order valence-electron chi connectivity index (χ0n) is 15.7. The Hall–Kier alpha value is -0.460. The van der Waals surface area contributed by atoms with E-state index >= 15 is 0 Å². The van der Waals surface area contributed by atoms with Crippen molar-refractivity contribution in [3.05, 3.63) is 0 Å². The minimum absolute atomic E-state index is 0.0202. The van der Waals surface area contributed by atoms with E-state index in [1.165, 1.54) is 0 Å². The van der Waals surface area contributed by atoms with Crippen LogP contribution in [0.2, 0.25) is 0 Å². The van der Waals surface area contributed by atoms with Crippen LogP contribution in [-0.4, -0.2) is 23.1 Å². The molecule has 1 nitrogen and oxygen atoms in total. The molecule has 0 radical (unpaired) electrons. The maximum absolute atomic E-state index is 13.1. The Bertz CT molecular complexity index is 432. The summed E-state index contributed by atoms with van der Waals surface area (Å²) < 4.78 is 78.6. The smallest absolute Gasteiger partial charge is 0.374 e. The molecule has 1 aliphatic rings. The summed E-state index contributed by atoms with van der Waals surface area (Å²) in [6, 6.07) is 0. The number of rotatable bonds is 4. The lowest BCUT2D eigenvalue weighted by atomic mass is 9.63. The Morgan fingerprint density at radius 3 is 1.68 bits per heavy atom. The highest BCUT2D eigenvalue weighted by Gasteiger charge is 2.71. The van der Waals surface area contributed by atoms with Gasteiger partial charge in [-0.25, -0.2) is 0 Å². The van der Waals surface area contributed by atoms with Gasteiger partial charge in [0.05, 0.1) is 0 Å². The third-order valence-electron chi connectivity index (χ3n) is 5.66. The van der Waals surface area contributed by atoms with Crippen molar-refractivity contribution in [2.24, 2.45) is 35.0 Å². The second-order valence-electron chi connectivity index (χ2n) is 9.20. The average Bonchev–Trinajstić information content (AvgIpc) is 2.64. The van der Waals surface area contributed by atoms with Gasteiger partial charge in [-0.15, -0.1) is 0 Å². The molecule has 25 heavy (non-hydrogen) atoms. The summed E-state index contributed by atoms with van der Waals surface area (Å²) in [6.07, 6.45) is -11.9. The van der Waals surface area contributed by atoms with Crippen LogP contribution in [0, 0.1) is 35.0 Å². The molecule has 4 unspecified atom stereocenters. The van der Waals surface area contributed by atoms with Crippen molar-refractivity contribution in [2.75, 3.05) is 0 Å². The SMILES string of the molecule is CC1CC(CC(O)(C(F)(F)F)C(F)(F)F)C(C(C(C)C)C(C)(C)C)C1. The number of hydrogen-bond acceptors (Lipinski definition) is 1. The zero-order chi connectivity index (χ0) is 20.0. The molecule has 0 aliphatic heterocycles. The first-order valence-corrected chi connectivity index (χ1v) is 8.77. The summed E-state index contributed by atoms with van der Waals surface area (Å²) in [7, 11) is 0. The third-order valence-corrected chi connectivity index (χ3v) is 5.66. The standard InChI is InChI=1S/C18H30F6O/c1-10(2)14(15(4,5)6)13-8-11(3)7-12(13)9-16(25,17(19,20)21)18(22,23)24/h10-14,25H,7-9H2,1-6H3. The molecule has 0 bridgehead atoms.